The zero-order valence-electron chi connectivity index (χ0n) is 11.7. The first-order valence-electron chi connectivity index (χ1n) is 6.77. The summed E-state index contributed by atoms with van der Waals surface area (Å²) in [6.45, 7) is 2.83. The van der Waals surface area contributed by atoms with Crippen LogP contribution in [0.5, 0.6) is 0 Å². The minimum absolute atomic E-state index is 0.764. The zero-order valence-corrected chi connectivity index (χ0v) is 13.3. The van der Waals surface area contributed by atoms with Gasteiger partial charge in [0.15, 0.2) is 0 Å². The molecule has 0 atom stereocenters. The van der Waals surface area contributed by atoms with Crippen molar-refractivity contribution in [3.8, 4) is 0 Å². The van der Waals surface area contributed by atoms with Gasteiger partial charge in [-0.3, -0.25) is 0 Å². The maximum atomic E-state index is 6.09. The number of aryl methyl sites for hydroxylation is 1. The third-order valence-electron chi connectivity index (χ3n) is 3.31. The van der Waals surface area contributed by atoms with Gasteiger partial charge in [0, 0.05) is 11.6 Å². The minimum Gasteiger partial charge on any atom is -0.397 e. The molecule has 3 rings (SSSR count). The average molecular weight is 318 g/mol. The van der Waals surface area contributed by atoms with Crippen molar-refractivity contribution >= 4 is 44.5 Å². The molecule has 21 heavy (non-hydrogen) atoms. The number of hydrogen-bond donors (Lipinski definition) is 2. The number of fused-ring (bicyclic) bond motifs is 1. The van der Waals surface area contributed by atoms with Crippen LogP contribution in [0, 0.1) is 6.92 Å². The van der Waals surface area contributed by atoms with Gasteiger partial charge in [0.25, 0.3) is 0 Å². The smallest absolute Gasteiger partial charge is 0.0907 e. The lowest BCUT2D eigenvalue weighted by molar-refractivity contribution is 1.02. The van der Waals surface area contributed by atoms with Gasteiger partial charge in [-0.2, -0.15) is 0 Å². The van der Waals surface area contributed by atoms with Gasteiger partial charge >= 0.3 is 0 Å². The number of nitrogens with two attached hydrogens (primary N) is 1. The number of halogens is 1. The average Bonchev–Trinajstić information content (AvgIpc) is 2.80. The summed E-state index contributed by atoms with van der Waals surface area (Å²) in [5, 5.41) is 5.21. The van der Waals surface area contributed by atoms with Crippen LogP contribution in [0.25, 0.3) is 10.2 Å². The molecule has 0 aliphatic heterocycles. The van der Waals surface area contributed by atoms with E-state index in [4.69, 9.17) is 17.3 Å². The molecule has 5 heteroatoms. The lowest BCUT2D eigenvalue weighted by atomic mass is 10.1. The number of hydrogen-bond acceptors (Lipinski definition) is 4. The zero-order chi connectivity index (χ0) is 14.8. The molecule has 0 aliphatic carbocycles. The number of nitrogens with zero attached hydrogens (tertiary/aromatic N) is 1. The van der Waals surface area contributed by atoms with Gasteiger partial charge in [-0.05, 0) is 43.2 Å². The highest BCUT2D eigenvalue weighted by molar-refractivity contribution is 7.18. The van der Waals surface area contributed by atoms with Gasteiger partial charge < -0.3 is 11.1 Å². The second-order valence-corrected chi connectivity index (χ2v) is 6.61. The molecule has 0 amide bonds. The molecule has 2 aromatic carbocycles. The van der Waals surface area contributed by atoms with Crippen molar-refractivity contribution in [2.24, 2.45) is 0 Å². The molecule has 0 saturated heterocycles. The van der Waals surface area contributed by atoms with E-state index < -0.39 is 0 Å². The van der Waals surface area contributed by atoms with E-state index in [1.807, 2.05) is 43.3 Å². The van der Waals surface area contributed by atoms with Crippen LogP contribution in [0.2, 0.25) is 5.02 Å². The van der Waals surface area contributed by atoms with Gasteiger partial charge in [-0.1, -0.05) is 23.7 Å². The molecule has 3 N–H and O–H groups in total. The van der Waals surface area contributed by atoms with Crippen molar-refractivity contribution in [1.29, 1.82) is 0 Å². The Hall–Kier alpha value is -1.78. The topological polar surface area (TPSA) is 50.9 Å². The summed E-state index contributed by atoms with van der Waals surface area (Å²) in [7, 11) is 0. The number of aromatic nitrogens is 1. The molecule has 0 unspecified atom stereocenters. The lowest BCUT2D eigenvalue weighted by Gasteiger charge is -2.09. The highest BCUT2D eigenvalue weighted by atomic mass is 35.5. The van der Waals surface area contributed by atoms with E-state index in [0.717, 1.165) is 44.6 Å². The second kappa shape index (κ2) is 5.92. The summed E-state index contributed by atoms with van der Waals surface area (Å²) in [5.41, 5.74) is 10.1. The Bertz CT molecular complexity index is 765. The molecular formula is C16H16ClN3S. The summed E-state index contributed by atoms with van der Waals surface area (Å²) in [5.74, 6) is 0. The minimum atomic E-state index is 0.764. The van der Waals surface area contributed by atoms with Crippen molar-refractivity contribution < 1.29 is 0 Å². The van der Waals surface area contributed by atoms with Gasteiger partial charge in [-0.25, -0.2) is 4.98 Å². The molecule has 3 aromatic rings. The van der Waals surface area contributed by atoms with E-state index >= 15 is 0 Å². The number of nitrogen functional groups attached to an aromatic ring is 1. The summed E-state index contributed by atoms with van der Waals surface area (Å²) in [6.07, 6.45) is 0.921. The van der Waals surface area contributed by atoms with E-state index in [2.05, 4.69) is 10.3 Å². The Morgan fingerprint density at radius 1 is 1.24 bits per heavy atom. The Balaban J connectivity index is 1.69. The maximum absolute atomic E-state index is 6.09. The van der Waals surface area contributed by atoms with Crippen molar-refractivity contribution in [2.75, 3.05) is 17.6 Å². The summed E-state index contributed by atoms with van der Waals surface area (Å²) < 4.78 is 1.13. The normalized spacial score (nSPS) is 11.0. The molecule has 0 radical (unpaired) electrons. The van der Waals surface area contributed by atoms with Crippen LogP contribution in [-0.2, 0) is 6.42 Å². The Labute approximate surface area is 132 Å². The number of anilines is 2. The largest absolute Gasteiger partial charge is 0.397 e. The highest BCUT2D eigenvalue weighted by Gasteiger charge is 2.06. The predicted molar refractivity (Wildman–Crippen MR) is 92.4 cm³/mol. The van der Waals surface area contributed by atoms with Crippen LogP contribution in [-0.4, -0.2) is 11.5 Å². The first-order valence-corrected chi connectivity index (χ1v) is 7.96. The molecule has 0 bridgehead atoms. The van der Waals surface area contributed by atoms with Crippen LogP contribution in [0.1, 0.15) is 10.6 Å². The number of nitrogens with one attached hydrogen (secondary N) is 1. The third kappa shape index (κ3) is 3.28. The monoisotopic (exact) mass is 317 g/mol. The standard InChI is InChI=1S/C16H16ClN3S/c1-10-20-15-9-14(13(18)8-16(15)21-10)19-7-6-11-2-4-12(17)5-3-11/h2-5,8-9,19H,6-7,18H2,1H3. The summed E-state index contributed by atoms with van der Waals surface area (Å²) >= 11 is 7.55. The Kier molecular flexibility index (Phi) is 3.99. The van der Waals surface area contributed by atoms with Crippen molar-refractivity contribution in [1.82, 2.24) is 4.98 Å². The number of benzene rings is 2. The van der Waals surface area contributed by atoms with Gasteiger partial charge in [-0.15, -0.1) is 11.3 Å². The summed E-state index contributed by atoms with van der Waals surface area (Å²) in [6, 6.07) is 11.9. The van der Waals surface area contributed by atoms with Crippen LogP contribution < -0.4 is 11.1 Å². The highest BCUT2D eigenvalue weighted by Crippen LogP contribution is 2.29. The Morgan fingerprint density at radius 3 is 2.76 bits per heavy atom. The van der Waals surface area contributed by atoms with Gasteiger partial charge in [0.1, 0.15) is 0 Å². The molecule has 1 aromatic heterocycles. The molecule has 1 heterocycles. The van der Waals surface area contributed by atoms with Crippen molar-refractivity contribution in [3.05, 3.63) is 52.0 Å². The fourth-order valence-electron chi connectivity index (χ4n) is 2.25. The van der Waals surface area contributed by atoms with E-state index in [1.54, 1.807) is 11.3 Å². The quantitative estimate of drug-likeness (QED) is 0.697. The first-order chi connectivity index (χ1) is 10.1. The summed E-state index contributed by atoms with van der Waals surface area (Å²) in [4.78, 5) is 4.50. The molecular weight excluding hydrogens is 302 g/mol. The van der Waals surface area contributed by atoms with E-state index in [9.17, 15) is 0 Å². The van der Waals surface area contributed by atoms with Crippen LogP contribution in [0.4, 0.5) is 11.4 Å². The van der Waals surface area contributed by atoms with Crippen LogP contribution in [0.3, 0.4) is 0 Å². The molecule has 108 valence electrons. The molecule has 3 nitrogen and oxygen atoms in total. The second-order valence-electron chi connectivity index (χ2n) is 4.94. The molecule has 0 fully saturated rings. The van der Waals surface area contributed by atoms with Crippen molar-refractivity contribution in [2.45, 2.75) is 13.3 Å². The van der Waals surface area contributed by atoms with E-state index in [0.29, 0.717) is 0 Å². The van der Waals surface area contributed by atoms with Gasteiger partial charge in [0.05, 0.1) is 26.6 Å². The van der Waals surface area contributed by atoms with Crippen molar-refractivity contribution in [3.63, 3.8) is 0 Å². The van der Waals surface area contributed by atoms with Crippen LogP contribution in [0.15, 0.2) is 36.4 Å². The van der Waals surface area contributed by atoms with E-state index in [-0.39, 0.29) is 0 Å². The van der Waals surface area contributed by atoms with Gasteiger partial charge in [0.2, 0.25) is 0 Å². The van der Waals surface area contributed by atoms with Crippen LogP contribution >= 0.6 is 22.9 Å². The maximum Gasteiger partial charge on any atom is 0.0907 e. The number of thiazole rings is 1. The number of rotatable bonds is 4. The molecule has 0 saturated carbocycles. The first kappa shape index (κ1) is 14.2. The SMILES string of the molecule is Cc1nc2cc(NCCc3ccc(Cl)cc3)c(N)cc2s1. The molecule has 0 aliphatic rings. The van der Waals surface area contributed by atoms with E-state index in [1.165, 1.54) is 5.56 Å². The fraction of sp³-hybridized carbons (Fsp3) is 0.188. The third-order valence-corrected chi connectivity index (χ3v) is 4.49. The fourth-order valence-corrected chi connectivity index (χ4v) is 3.23. The lowest BCUT2D eigenvalue weighted by Crippen LogP contribution is -2.06. The Morgan fingerprint density at radius 2 is 2.00 bits per heavy atom. The molecule has 0 spiro atoms. The predicted octanol–water partition coefficient (Wildman–Crippen LogP) is 4.49.